The second kappa shape index (κ2) is 3.79. The molecule has 0 N–H and O–H groups in total. The lowest BCUT2D eigenvalue weighted by molar-refractivity contribution is 0.223. The predicted molar refractivity (Wildman–Crippen MR) is 54.0 cm³/mol. The van der Waals surface area contributed by atoms with Crippen LogP contribution in [0.15, 0.2) is 24.4 Å². The van der Waals surface area contributed by atoms with Crippen molar-refractivity contribution in [1.29, 1.82) is 0 Å². The molecule has 68 valence electrons. The minimum atomic E-state index is 0.552. The molecule has 1 saturated heterocycles. The topological polar surface area (TPSA) is 3.24 Å². The van der Waals surface area contributed by atoms with Crippen LogP contribution in [0, 0.1) is 0 Å². The summed E-state index contributed by atoms with van der Waals surface area (Å²) in [5.41, 5.74) is 2.46. The van der Waals surface area contributed by atoms with Crippen LogP contribution in [0.4, 0.5) is 0 Å². The zero-order valence-electron chi connectivity index (χ0n) is 8.27. The highest BCUT2D eigenvalue weighted by atomic mass is 15.2. The molecule has 0 spiro atoms. The number of hydrogen-bond acceptors (Lipinski definition) is 1. The van der Waals surface area contributed by atoms with Crippen molar-refractivity contribution < 1.29 is 0 Å². The van der Waals surface area contributed by atoms with Gasteiger partial charge in [0.1, 0.15) is 0 Å². The Morgan fingerprint density at radius 1 is 1.25 bits per heavy atom. The quantitative estimate of drug-likeness (QED) is 0.569. The Bertz CT molecular complexity index is 171. The Labute approximate surface area is 75.8 Å². The highest BCUT2D eigenvalue weighted by Gasteiger charge is 2.21. The van der Waals surface area contributed by atoms with Crippen LogP contribution in [0.25, 0.3) is 0 Å². The smallest absolute Gasteiger partial charge is 0.0493 e. The molecular weight excluding hydrogens is 146 g/mol. The second-order valence-corrected chi connectivity index (χ2v) is 3.79. The first-order chi connectivity index (χ1) is 5.63. The van der Waals surface area contributed by atoms with Gasteiger partial charge in [-0.2, -0.15) is 0 Å². The van der Waals surface area contributed by atoms with Gasteiger partial charge in [-0.05, 0) is 33.1 Å². The Kier molecular flexibility index (Phi) is 2.96. The van der Waals surface area contributed by atoms with Crippen LogP contribution in [-0.2, 0) is 0 Å². The molecule has 0 aromatic carbocycles. The van der Waals surface area contributed by atoms with Crippen molar-refractivity contribution in [2.75, 3.05) is 6.54 Å². The van der Waals surface area contributed by atoms with E-state index in [0.717, 1.165) is 6.54 Å². The molecule has 0 bridgehead atoms. The molecule has 0 unspecified atom stereocenters. The number of piperidine rings is 1. The van der Waals surface area contributed by atoms with E-state index < -0.39 is 0 Å². The van der Waals surface area contributed by atoms with Crippen molar-refractivity contribution in [2.24, 2.45) is 0 Å². The first kappa shape index (κ1) is 9.37. The van der Waals surface area contributed by atoms with Gasteiger partial charge in [-0.1, -0.05) is 18.7 Å². The van der Waals surface area contributed by atoms with Crippen molar-refractivity contribution >= 4 is 0 Å². The SMILES string of the molecule is C=C(C)[C@H]1CCCCN1C(=C)C. The molecule has 0 aromatic heterocycles. The maximum atomic E-state index is 4.03. The predicted octanol–water partition coefficient (Wildman–Crippen LogP) is 2.95. The number of hydrogen-bond donors (Lipinski definition) is 0. The summed E-state index contributed by atoms with van der Waals surface area (Å²) in [4.78, 5) is 2.38. The maximum absolute atomic E-state index is 4.03. The van der Waals surface area contributed by atoms with E-state index in [0.29, 0.717) is 6.04 Å². The normalized spacial score (nSPS) is 23.8. The summed E-state index contributed by atoms with van der Waals surface area (Å²) in [5, 5.41) is 0. The van der Waals surface area contributed by atoms with Crippen molar-refractivity contribution in [3.05, 3.63) is 24.4 Å². The summed E-state index contributed by atoms with van der Waals surface area (Å²) in [6, 6.07) is 0.552. The zero-order chi connectivity index (χ0) is 9.14. The van der Waals surface area contributed by atoms with Gasteiger partial charge in [-0.15, -0.1) is 0 Å². The van der Waals surface area contributed by atoms with E-state index in [9.17, 15) is 0 Å². The van der Waals surface area contributed by atoms with Crippen LogP contribution in [0.2, 0.25) is 0 Å². The van der Waals surface area contributed by atoms with Gasteiger partial charge in [0.2, 0.25) is 0 Å². The van der Waals surface area contributed by atoms with E-state index in [1.165, 1.54) is 30.5 Å². The standard InChI is InChI=1S/C11H19N/c1-9(2)11-7-5-6-8-12(11)10(3)4/h11H,1,3,5-8H2,2,4H3/t11-/m1/s1. The highest BCUT2D eigenvalue weighted by Crippen LogP contribution is 2.24. The first-order valence-electron chi connectivity index (χ1n) is 4.70. The van der Waals surface area contributed by atoms with Gasteiger partial charge in [0.25, 0.3) is 0 Å². The molecule has 1 rings (SSSR count). The third kappa shape index (κ3) is 1.90. The van der Waals surface area contributed by atoms with E-state index in [4.69, 9.17) is 0 Å². The molecule has 1 fully saturated rings. The molecule has 1 aliphatic heterocycles. The van der Waals surface area contributed by atoms with Crippen molar-refractivity contribution in [3.8, 4) is 0 Å². The Balaban J connectivity index is 2.67. The van der Waals surface area contributed by atoms with Gasteiger partial charge in [0.15, 0.2) is 0 Å². The zero-order valence-corrected chi connectivity index (χ0v) is 8.27. The van der Waals surface area contributed by atoms with E-state index in [1.54, 1.807) is 0 Å². The fraction of sp³-hybridized carbons (Fsp3) is 0.636. The molecule has 1 heterocycles. The lowest BCUT2D eigenvalue weighted by Gasteiger charge is -2.38. The average molecular weight is 165 g/mol. The average Bonchev–Trinajstić information content (AvgIpc) is 2.04. The minimum Gasteiger partial charge on any atom is -0.369 e. The van der Waals surface area contributed by atoms with Crippen LogP contribution in [-0.4, -0.2) is 17.5 Å². The highest BCUT2D eigenvalue weighted by molar-refractivity contribution is 5.09. The molecule has 1 aliphatic rings. The largest absolute Gasteiger partial charge is 0.369 e. The van der Waals surface area contributed by atoms with Gasteiger partial charge in [-0.25, -0.2) is 0 Å². The fourth-order valence-corrected chi connectivity index (χ4v) is 1.90. The summed E-state index contributed by atoms with van der Waals surface area (Å²) < 4.78 is 0. The van der Waals surface area contributed by atoms with E-state index in [-0.39, 0.29) is 0 Å². The molecule has 12 heavy (non-hydrogen) atoms. The molecule has 0 amide bonds. The summed E-state index contributed by atoms with van der Waals surface area (Å²) in [6.07, 6.45) is 3.89. The number of rotatable bonds is 2. The van der Waals surface area contributed by atoms with Gasteiger partial charge in [0, 0.05) is 18.3 Å². The molecule has 0 aliphatic carbocycles. The minimum absolute atomic E-state index is 0.552. The van der Waals surface area contributed by atoms with E-state index >= 15 is 0 Å². The van der Waals surface area contributed by atoms with Gasteiger partial charge >= 0.3 is 0 Å². The molecular formula is C11H19N. The van der Waals surface area contributed by atoms with Crippen molar-refractivity contribution in [3.63, 3.8) is 0 Å². The van der Waals surface area contributed by atoms with Crippen molar-refractivity contribution in [1.82, 2.24) is 4.90 Å². The Hall–Kier alpha value is -0.720. The maximum Gasteiger partial charge on any atom is 0.0493 e. The first-order valence-corrected chi connectivity index (χ1v) is 4.70. The van der Waals surface area contributed by atoms with Crippen LogP contribution in [0.5, 0.6) is 0 Å². The molecule has 0 saturated carbocycles. The van der Waals surface area contributed by atoms with E-state index in [1.807, 2.05) is 0 Å². The van der Waals surface area contributed by atoms with Crippen LogP contribution >= 0.6 is 0 Å². The van der Waals surface area contributed by atoms with Gasteiger partial charge in [0.05, 0.1) is 0 Å². The summed E-state index contributed by atoms with van der Waals surface area (Å²) in [5.74, 6) is 0. The van der Waals surface area contributed by atoms with E-state index in [2.05, 4.69) is 31.9 Å². The lowest BCUT2D eigenvalue weighted by Crippen LogP contribution is -2.38. The molecule has 1 nitrogen and oxygen atoms in total. The molecule has 0 radical (unpaired) electrons. The lowest BCUT2D eigenvalue weighted by atomic mass is 9.97. The summed E-state index contributed by atoms with van der Waals surface area (Å²) >= 11 is 0. The fourth-order valence-electron chi connectivity index (χ4n) is 1.90. The van der Waals surface area contributed by atoms with Crippen LogP contribution in [0.1, 0.15) is 33.1 Å². The van der Waals surface area contributed by atoms with Crippen LogP contribution in [0.3, 0.4) is 0 Å². The second-order valence-electron chi connectivity index (χ2n) is 3.79. The summed E-state index contributed by atoms with van der Waals surface area (Å²) in [7, 11) is 0. The van der Waals surface area contributed by atoms with Crippen molar-refractivity contribution in [2.45, 2.75) is 39.2 Å². The van der Waals surface area contributed by atoms with Gasteiger partial charge < -0.3 is 4.90 Å². The molecule has 1 atom stereocenters. The third-order valence-electron chi connectivity index (χ3n) is 2.56. The number of allylic oxidation sites excluding steroid dienone is 1. The Morgan fingerprint density at radius 2 is 1.92 bits per heavy atom. The molecule has 0 aromatic rings. The Morgan fingerprint density at radius 3 is 2.33 bits per heavy atom. The number of nitrogens with zero attached hydrogens (tertiary/aromatic N) is 1. The number of likely N-dealkylation sites (tertiary alicyclic amines) is 1. The monoisotopic (exact) mass is 165 g/mol. The summed E-state index contributed by atoms with van der Waals surface area (Å²) in [6.45, 7) is 13.4. The molecule has 1 heteroatoms. The third-order valence-corrected chi connectivity index (χ3v) is 2.56. The van der Waals surface area contributed by atoms with Crippen LogP contribution < -0.4 is 0 Å². The van der Waals surface area contributed by atoms with Gasteiger partial charge in [-0.3, -0.25) is 0 Å².